The maximum absolute atomic E-state index is 13.6. The monoisotopic (exact) mass is 626 g/mol. The molecule has 6 rings (SSSR count). The van der Waals surface area contributed by atoms with Crippen LogP contribution in [0.15, 0.2) is 79.1 Å². The SMILES string of the molecule is N#Cc1ccc(-c2ccc3c(c2)C2(CCN(C/C=C/c4ccc(Cl)c(Cl)c4)CC2)CN3C(=O)NCc2ccnc(F)c2)cn1. The van der Waals surface area contributed by atoms with Gasteiger partial charge in [-0.2, -0.15) is 9.65 Å². The number of fused-ring (bicyclic) bond motifs is 2. The summed E-state index contributed by atoms with van der Waals surface area (Å²) in [6.07, 6.45) is 9.06. The Hall–Kier alpha value is -4.29. The van der Waals surface area contributed by atoms with Gasteiger partial charge >= 0.3 is 6.03 Å². The summed E-state index contributed by atoms with van der Waals surface area (Å²) >= 11 is 12.2. The average molecular weight is 628 g/mol. The van der Waals surface area contributed by atoms with Gasteiger partial charge in [0.25, 0.3) is 0 Å². The molecule has 2 aromatic carbocycles. The summed E-state index contributed by atoms with van der Waals surface area (Å²) < 4.78 is 13.6. The Morgan fingerprint density at radius 3 is 2.57 bits per heavy atom. The van der Waals surface area contributed by atoms with E-state index in [2.05, 4.69) is 44.5 Å². The molecule has 0 unspecified atom stereocenters. The average Bonchev–Trinajstić information content (AvgIpc) is 3.35. The summed E-state index contributed by atoms with van der Waals surface area (Å²) in [4.78, 5) is 25.6. The number of hydrogen-bond acceptors (Lipinski definition) is 5. The zero-order valence-corrected chi connectivity index (χ0v) is 25.3. The summed E-state index contributed by atoms with van der Waals surface area (Å²) in [5.74, 6) is -0.578. The minimum Gasteiger partial charge on any atom is -0.334 e. The number of nitriles is 1. The molecule has 0 saturated carbocycles. The number of anilines is 1. The molecule has 4 heterocycles. The maximum atomic E-state index is 13.6. The summed E-state index contributed by atoms with van der Waals surface area (Å²) in [5, 5.41) is 13.2. The minimum absolute atomic E-state index is 0.199. The van der Waals surface area contributed by atoms with E-state index in [1.807, 2.05) is 35.2 Å². The van der Waals surface area contributed by atoms with Crippen molar-refractivity contribution in [3.63, 3.8) is 0 Å². The number of nitrogens with one attached hydrogen (secondary N) is 1. The second-order valence-electron chi connectivity index (χ2n) is 11.2. The number of piperidine rings is 1. The first-order valence-corrected chi connectivity index (χ1v) is 15.1. The van der Waals surface area contributed by atoms with Crippen molar-refractivity contribution in [1.29, 1.82) is 5.26 Å². The lowest BCUT2D eigenvalue weighted by molar-refractivity contribution is 0.180. The molecule has 44 heavy (non-hydrogen) atoms. The number of amides is 2. The van der Waals surface area contributed by atoms with Crippen LogP contribution in [-0.2, 0) is 12.0 Å². The quantitative estimate of drug-likeness (QED) is 0.228. The Kier molecular flexibility index (Phi) is 8.62. The lowest BCUT2D eigenvalue weighted by Gasteiger charge is -2.39. The topological polar surface area (TPSA) is 85.2 Å². The van der Waals surface area contributed by atoms with Crippen LogP contribution in [0.25, 0.3) is 17.2 Å². The van der Waals surface area contributed by atoms with E-state index in [1.165, 1.54) is 12.3 Å². The van der Waals surface area contributed by atoms with Crippen molar-refractivity contribution in [1.82, 2.24) is 20.2 Å². The first-order chi connectivity index (χ1) is 21.3. The molecular weight excluding hydrogens is 598 g/mol. The van der Waals surface area contributed by atoms with E-state index in [9.17, 15) is 9.18 Å². The number of benzene rings is 2. The van der Waals surface area contributed by atoms with E-state index < -0.39 is 5.95 Å². The van der Waals surface area contributed by atoms with Crippen LogP contribution >= 0.6 is 23.2 Å². The van der Waals surface area contributed by atoms with Crippen LogP contribution in [0.2, 0.25) is 10.0 Å². The fourth-order valence-corrected chi connectivity index (χ4v) is 6.34. The molecule has 1 spiro atoms. The third kappa shape index (κ3) is 6.31. The second-order valence-corrected chi connectivity index (χ2v) is 12.0. The highest BCUT2D eigenvalue weighted by molar-refractivity contribution is 6.42. The van der Waals surface area contributed by atoms with E-state index >= 15 is 0 Å². The lowest BCUT2D eigenvalue weighted by Crippen LogP contribution is -2.47. The van der Waals surface area contributed by atoms with E-state index in [0.717, 1.165) is 60.4 Å². The Labute approximate surface area is 265 Å². The Balaban J connectivity index is 1.21. The van der Waals surface area contributed by atoms with Gasteiger partial charge in [0.2, 0.25) is 5.95 Å². The van der Waals surface area contributed by atoms with Crippen LogP contribution in [0.5, 0.6) is 0 Å². The molecule has 0 atom stereocenters. The molecule has 2 amide bonds. The van der Waals surface area contributed by atoms with Crippen molar-refractivity contribution < 1.29 is 9.18 Å². The van der Waals surface area contributed by atoms with E-state index in [-0.39, 0.29) is 18.0 Å². The molecule has 222 valence electrons. The largest absolute Gasteiger partial charge is 0.334 e. The second kappa shape index (κ2) is 12.7. The number of carbonyl (C=O) groups excluding carboxylic acids is 1. The molecule has 2 aliphatic rings. The number of urea groups is 1. The van der Waals surface area contributed by atoms with Crippen molar-refractivity contribution in [2.75, 3.05) is 31.1 Å². The van der Waals surface area contributed by atoms with Crippen LogP contribution in [0, 0.1) is 17.3 Å². The van der Waals surface area contributed by atoms with Gasteiger partial charge in [-0.15, -0.1) is 0 Å². The molecule has 4 aromatic rings. The van der Waals surface area contributed by atoms with Gasteiger partial charge in [0.05, 0.1) is 10.0 Å². The van der Waals surface area contributed by atoms with E-state index in [1.54, 1.807) is 24.4 Å². The van der Waals surface area contributed by atoms with Gasteiger partial charge < -0.3 is 5.32 Å². The van der Waals surface area contributed by atoms with E-state index in [0.29, 0.717) is 27.8 Å². The third-order valence-electron chi connectivity index (χ3n) is 8.44. The van der Waals surface area contributed by atoms with Crippen molar-refractivity contribution in [3.8, 4) is 17.2 Å². The molecule has 1 N–H and O–H groups in total. The van der Waals surface area contributed by atoms with Crippen LogP contribution in [0.3, 0.4) is 0 Å². The fourth-order valence-electron chi connectivity index (χ4n) is 6.03. The van der Waals surface area contributed by atoms with Gasteiger partial charge in [0, 0.05) is 48.7 Å². The number of halogens is 3. The van der Waals surface area contributed by atoms with Crippen LogP contribution < -0.4 is 10.2 Å². The molecule has 1 saturated heterocycles. The highest BCUT2D eigenvalue weighted by Gasteiger charge is 2.46. The van der Waals surface area contributed by atoms with E-state index in [4.69, 9.17) is 28.5 Å². The standard InChI is InChI=1S/C34H29Cl2FN6O/c35-29-7-3-23(16-30(29)36)2-1-13-42-14-10-34(11-15-42)22-43(33(44)41-20-24-9-12-39-32(37)17-24)31-8-5-25(18-28(31)34)26-4-6-27(19-38)40-21-26/h1-9,12,16-18,21H,10-11,13-15,20,22H2,(H,41,44)/b2-1+. The molecule has 2 aliphatic heterocycles. The van der Waals surface area contributed by atoms with Gasteiger partial charge in [0.1, 0.15) is 11.8 Å². The number of pyridine rings is 2. The molecule has 0 radical (unpaired) electrons. The molecule has 2 aromatic heterocycles. The first-order valence-electron chi connectivity index (χ1n) is 14.3. The molecule has 0 aliphatic carbocycles. The van der Waals surface area contributed by atoms with Crippen LogP contribution in [0.4, 0.5) is 14.9 Å². The van der Waals surface area contributed by atoms with Crippen molar-refractivity contribution in [3.05, 3.63) is 118 Å². The molecule has 0 bridgehead atoms. The van der Waals surface area contributed by atoms with Gasteiger partial charge in [-0.05, 0) is 96.7 Å². The molecule has 10 heteroatoms. The maximum Gasteiger partial charge on any atom is 0.322 e. The molecule has 1 fully saturated rings. The Morgan fingerprint density at radius 2 is 1.84 bits per heavy atom. The van der Waals surface area contributed by atoms with Crippen LogP contribution in [-0.4, -0.2) is 47.1 Å². The highest BCUT2D eigenvalue weighted by atomic mass is 35.5. The minimum atomic E-state index is -0.578. The zero-order chi connectivity index (χ0) is 30.7. The van der Waals surface area contributed by atoms with Gasteiger partial charge in [-0.1, -0.05) is 47.5 Å². The number of hydrogen-bond donors (Lipinski definition) is 1. The molecule has 7 nitrogen and oxygen atoms in total. The van der Waals surface area contributed by atoms with Crippen molar-refractivity contribution >= 4 is 41.0 Å². The molecular formula is C34H29Cl2FN6O. The summed E-state index contributed by atoms with van der Waals surface area (Å²) in [5.41, 5.74) is 5.71. The fraction of sp³-hybridized carbons (Fsp3) is 0.235. The Bertz CT molecular complexity index is 1760. The number of likely N-dealkylation sites (tertiary alicyclic amines) is 1. The predicted molar refractivity (Wildman–Crippen MR) is 171 cm³/mol. The lowest BCUT2D eigenvalue weighted by atomic mass is 9.73. The van der Waals surface area contributed by atoms with Crippen LogP contribution in [0.1, 0.15) is 35.2 Å². The summed E-state index contributed by atoms with van der Waals surface area (Å²) in [7, 11) is 0. The number of nitrogens with zero attached hydrogens (tertiary/aromatic N) is 5. The number of aromatic nitrogens is 2. The zero-order valence-electron chi connectivity index (χ0n) is 23.8. The van der Waals surface area contributed by atoms with Crippen molar-refractivity contribution in [2.24, 2.45) is 0 Å². The smallest absolute Gasteiger partial charge is 0.322 e. The normalized spacial score (nSPS) is 15.8. The van der Waals surface area contributed by atoms with Gasteiger partial charge in [0.15, 0.2) is 0 Å². The third-order valence-corrected chi connectivity index (χ3v) is 9.18. The Morgan fingerprint density at radius 1 is 1.02 bits per heavy atom. The number of rotatable bonds is 6. The predicted octanol–water partition coefficient (Wildman–Crippen LogP) is 7.24. The summed E-state index contributed by atoms with van der Waals surface area (Å²) in [6.45, 7) is 3.30. The van der Waals surface area contributed by atoms with Crippen molar-refractivity contribution in [2.45, 2.75) is 24.8 Å². The number of carbonyl (C=O) groups is 1. The summed E-state index contributed by atoms with van der Waals surface area (Å²) in [6, 6.07) is 20.2. The highest BCUT2D eigenvalue weighted by Crippen LogP contribution is 2.48. The first kappa shape index (κ1) is 29.8. The van der Waals surface area contributed by atoms with Gasteiger partial charge in [-0.3, -0.25) is 9.80 Å². The van der Waals surface area contributed by atoms with Gasteiger partial charge in [-0.25, -0.2) is 14.8 Å².